The molecule has 1 saturated carbocycles. The van der Waals surface area contributed by atoms with E-state index in [0.29, 0.717) is 12.0 Å². The summed E-state index contributed by atoms with van der Waals surface area (Å²) >= 11 is 0. The number of fused-ring (bicyclic) bond motifs is 1. The van der Waals surface area contributed by atoms with Crippen molar-refractivity contribution in [1.82, 2.24) is 35.0 Å². The van der Waals surface area contributed by atoms with Crippen molar-refractivity contribution >= 4 is 11.5 Å². The molecular weight excluding hydrogens is 320 g/mol. The number of likely N-dealkylation sites (N-methyl/N-ethyl adjacent to an activating group) is 1. The van der Waals surface area contributed by atoms with Crippen molar-refractivity contribution in [2.24, 2.45) is 0 Å². The van der Waals surface area contributed by atoms with E-state index in [1.807, 2.05) is 23.6 Å². The average Bonchev–Trinajstić information content (AvgIpc) is 3.20. The van der Waals surface area contributed by atoms with Crippen molar-refractivity contribution in [2.75, 3.05) is 25.0 Å². The fraction of sp³-hybridized carbons (Fsp3) is 0.562. The minimum atomic E-state index is 0.470. The monoisotopic (exact) mass is 340 g/mol. The molecule has 9 heteroatoms. The number of nitrogens with zero attached hydrogens (tertiary/aromatic N) is 8. The van der Waals surface area contributed by atoms with Crippen LogP contribution in [-0.4, -0.2) is 61.2 Å². The second kappa shape index (κ2) is 5.48. The van der Waals surface area contributed by atoms with Crippen molar-refractivity contribution in [3.63, 3.8) is 0 Å². The first-order valence-electron chi connectivity index (χ1n) is 8.64. The van der Waals surface area contributed by atoms with Crippen LogP contribution in [0.5, 0.6) is 0 Å². The van der Waals surface area contributed by atoms with Crippen LogP contribution < -0.4 is 4.90 Å². The van der Waals surface area contributed by atoms with Gasteiger partial charge in [0.25, 0.3) is 0 Å². The summed E-state index contributed by atoms with van der Waals surface area (Å²) in [6.45, 7) is 4.56. The normalized spacial score (nSPS) is 18.3. The molecule has 25 heavy (non-hydrogen) atoms. The Kier molecular flexibility index (Phi) is 3.24. The van der Waals surface area contributed by atoms with Gasteiger partial charge in [-0.1, -0.05) is 10.3 Å². The van der Waals surface area contributed by atoms with Crippen molar-refractivity contribution in [1.29, 1.82) is 0 Å². The Morgan fingerprint density at radius 1 is 1.20 bits per heavy atom. The molecule has 0 atom stereocenters. The highest BCUT2D eigenvalue weighted by Crippen LogP contribution is 2.38. The van der Waals surface area contributed by atoms with Gasteiger partial charge in [-0.3, -0.25) is 4.90 Å². The summed E-state index contributed by atoms with van der Waals surface area (Å²) in [5.41, 5.74) is 2.59. The Bertz CT molecular complexity index is 908. The molecule has 1 aliphatic heterocycles. The lowest BCUT2D eigenvalue weighted by Crippen LogP contribution is -2.58. The van der Waals surface area contributed by atoms with E-state index in [-0.39, 0.29) is 0 Å². The van der Waals surface area contributed by atoms with Gasteiger partial charge in [0, 0.05) is 31.6 Å². The number of aromatic nitrogens is 6. The second-order valence-corrected chi connectivity index (χ2v) is 7.06. The minimum absolute atomic E-state index is 0.470. The van der Waals surface area contributed by atoms with Crippen LogP contribution >= 0.6 is 0 Å². The third-order valence-electron chi connectivity index (χ3n) is 5.17. The Labute approximate surface area is 144 Å². The molecule has 5 rings (SSSR count). The summed E-state index contributed by atoms with van der Waals surface area (Å²) in [6.07, 6.45) is 2.39. The summed E-state index contributed by atoms with van der Waals surface area (Å²) in [5.74, 6) is 2.52. The fourth-order valence-electron chi connectivity index (χ4n) is 3.24. The molecule has 3 aromatic rings. The molecule has 1 saturated heterocycles. The molecule has 0 spiro atoms. The van der Waals surface area contributed by atoms with E-state index < -0.39 is 0 Å². The van der Waals surface area contributed by atoms with Gasteiger partial charge in [0.1, 0.15) is 17.2 Å². The maximum Gasteiger partial charge on any atom is 0.178 e. The SMILES string of the molecule is Cc1nonc1CN(C)C1CN(c2ccc3nnc(C4CC4)n3n2)C1. The Balaban J connectivity index is 1.27. The number of aryl methyl sites for hydroxylation is 1. The molecule has 130 valence electrons. The third kappa shape index (κ3) is 2.55. The highest BCUT2D eigenvalue weighted by atomic mass is 16.6. The van der Waals surface area contributed by atoms with Crippen molar-refractivity contribution in [3.8, 4) is 0 Å². The van der Waals surface area contributed by atoms with Crippen molar-refractivity contribution in [2.45, 2.75) is 38.3 Å². The predicted octanol–water partition coefficient (Wildman–Crippen LogP) is 1.01. The lowest BCUT2D eigenvalue weighted by Gasteiger charge is -2.44. The van der Waals surface area contributed by atoms with E-state index in [1.165, 1.54) is 12.8 Å². The molecule has 3 aromatic heterocycles. The van der Waals surface area contributed by atoms with Crippen LogP contribution in [0.25, 0.3) is 5.65 Å². The molecule has 0 bridgehead atoms. The highest BCUT2D eigenvalue weighted by molar-refractivity contribution is 5.48. The predicted molar refractivity (Wildman–Crippen MR) is 89.3 cm³/mol. The average molecular weight is 340 g/mol. The Morgan fingerprint density at radius 3 is 2.76 bits per heavy atom. The third-order valence-corrected chi connectivity index (χ3v) is 5.17. The number of rotatable bonds is 5. The van der Waals surface area contributed by atoms with Crippen LogP contribution in [0, 0.1) is 6.92 Å². The molecule has 2 fully saturated rings. The zero-order valence-electron chi connectivity index (χ0n) is 14.3. The van der Waals surface area contributed by atoms with Crippen LogP contribution in [-0.2, 0) is 6.54 Å². The van der Waals surface area contributed by atoms with Gasteiger partial charge in [-0.05, 0) is 38.9 Å². The first-order valence-corrected chi connectivity index (χ1v) is 8.64. The van der Waals surface area contributed by atoms with Gasteiger partial charge < -0.3 is 4.90 Å². The first-order chi connectivity index (χ1) is 12.2. The van der Waals surface area contributed by atoms with Crippen LogP contribution in [0.4, 0.5) is 5.82 Å². The van der Waals surface area contributed by atoms with Gasteiger partial charge in [-0.25, -0.2) is 4.63 Å². The largest absolute Gasteiger partial charge is 0.352 e. The lowest BCUT2D eigenvalue weighted by molar-refractivity contribution is 0.190. The second-order valence-electron chi connectivity index (χ2n) is 7.06. The smallest absolute Gasteiger partial charge is 0.178 e. The summed E-state index contributed by atoms with van der Waals surface area (Å²) < 4.78 is 6.69. The standard InChI is InChI=1S/C16H20N8O/c1-10-13(21-25-20-10)9-22(2)12-7-23(8-12)15-6-5-14-17-18-16(11-3-4-11)24(14)19-15/h5-6,11-12H,3-4,7-9H2,1-2H3. The van der Waals surface area contributed by atoms with Crippen LogP contribution in [0.15, 0.2) is 16.8 Å². The molecule has 0 aromatic carbocycles. The molecule has 1 aliphatic carbocycles. The van der Waals surface area contributed by atoms with E-state index in [4.69, 9.17) is 9.73 Å². The first kappa shape index (κ1) is 14.8. The molecule has 2 aliphatic rings. The Hall–Kier alpha value is -2.55. The molecule has 0 radical (unpaired) electrons. The fourth-order valence-corrected chi connectivity index (χ4v) is 3.24. The maximum absolute atomic E-state index is 4.78. The summed E-state index contributed by atoms with van der Waals surface area (Å²) in [5, 5.41) is 21.1. The van der Waals surface area contributed by atoms with Gasteiger partial charge in [0.05, 0.1) is 0 Å². The van der Waals surface area contributed by atoms with Gasteiger partial charge in [0.15, 0.2) is 11.5 Å². The quantitative estimate of drug-likeness (QED) is 0.680. The Morgan fingerprint density at radius 2 is 2.04 bits per heavy atom. The number of anilines is 1. The minimum Gasteiger partial charge on any atom is -0.352 e. The van der Waals surface area contributed by atoms with Crippen LogP contribution in [0.3, 0.4) is 0 Å². The van der Waals surface area contributed by atoms with E-state index in [9.17, 15) is 0 Å². The van der Waals surface area contributed by atoms with Gasteiger partial charge in [-0.15, -0.1) is 15.3 Å². The summed E-state index contributed by atoms with van der Waals surface area (Å²) in [4.78, 5) is 4.57. The topological polar surface area (TPSA) is 88.5 Å². The molecule has 9 nitrogen and oxygen atoms in total. The van der Waals surface area contributed by atoms with Crippen molar-refractivity contribution < 1.29 is 4.63 Å². The number of hydrogen-bond acceptors (Lipinski definition) is 8. The zero-order chi connectivity index (χ0) is 17.0. The van der Waals surface area contributed by atoms with E-state index in [2.05, 4.69) is 37.4 Å². The lowest BCUT2D eigenvalue weighted by atomic mass is 10.1. The zero-order valence-corrected chi connectivity index (χ0v) is 14.3. The highest BCUT2D eigenvalue weighted by Gasteiger charge is 2.33. The van der Waals surface area contributed by atoms with E-state index in [1.54, 1.807) is 0 Å². The number of hydrogen-bond donors (Lipinski definition) is 0. The van der Waals surface area contributed by atoms with E-state index >= 15 is 0 Å². The van der Waals surface area contributed by atoms with Gasteiger partial charge in [0.2, 0.25) is 0 Å². The van der Waals surface area contributed by atoms with Crippen molar-refractivity contribution in [3.05, 3.63) is 29.3 Å². The summed E-state index contributed by atoms with van der Waals surface area (Å²) in [6, 6.07) is 4.50. The summed E-state index contributed by atoms with van der Waals surface area (Å²) in [7, 11) is 2.11. The van der Waals surface area contributed by atoms with E-state index in [0.717, 1.165) is 48.3 Å². The molecule has 0 amide bonds. The molecular formula is C16H20N8O. The molecule has 4 heterocycles. The maximum atomic E-state index is 4.78. The van der Waals surface area contributed by atoms with Gasteiger partial charge >= 0.3 is 0 Å². The molecule has 0 N–H and O–H groups in total. The van der Waals surface area contributed by atoms with Crippen LogP contribution in [0.2, 0.25) is 0 Å². The molecule has 0 unspecified atom stereocenters. The van der Waals surface area contributed by atoms with Crippen LogP contribution in [0.1, 0.15) is 36.0 Å². The van der Waals surface area contributed by atoms with Gasteiger partial charge in [-0.2, -0.15) is 4.52 Å².